The molecule has 0 bridgehead atoms. The van der Waals surface area contributed by atoms with Crippen LogP contribution >= 0.6 is 0 Å². The fourth-order valence-corrected chi connectivity index (χ4v) is 2.06. The van der Waals surface area contributed by atoms with Crippen LogP contribution in [0.25, 0.3) is 0 Å². The van der Waals surface area contributed by atoms with Gasteiger partial charge in [-0.05, 0) is 0 Å². The van der Waals surface area contributed by atoms with Gasteiger partial charge in [0.15, 0.2) is 0 Å². The van der Waals surface area contributed by atoms with Gasteiger partial charge in [-0.25, -0.2) is 4.21 Å². The minimum Gasteiger partial charge on any atom is -0.333 e. The lowest BCUT2D eigenvalue weighted by Gasteiger charge is -2.22. The van der Waals surface area contributed by atoms with E-state index in [1.807, 2.05) is 0 Å². The third-order valence-electron chi connectivity index (χ3n) is 1.51. The Labute approximate surface area is 60.2 Å². The van der Waals surface area contributed by atoms with E-state index in [0.717, 1.165) is 0 Å². The zero-order valence-corrected chi connectivity index (χ0v) is 6.32. The molecule has 1 N–H and O–H groups in total. The molecule has 1 heterocycles. The van der Waals surface area contributed by atoms with E-state index < -0.39 is 9.73 Å². The molecule has 1 fully saturated rings. The van der Waals surface area contributed by atoms with Crippen LogP contribution in [0.2, 0.25) is 0 Å². The SMILES string of the molecule is N=S1(=O)CCN([C]=O)CC1. The zero-order chi connectivity index (χ0) is 7.61. The molecule has 0 spiro atoms. The van der Waals surface area contributed by atoms with Crippen molar-refractivity contribution in [3.8, 4) is 0 Å². The maximum Gasteiger partial charge on any atom is 0.312 e. The smallest absolute Gasteiger partial charge is 0.312 e. The Morgan fingerprint density at radius 2 is 1.90 bits per heavy atom. The Bertz CT molecular complexity index is 208. The van der Waals surface area contributed by atoms with Gasteiger partial charge in [0.05, 0.1) is 0 Å². The van der Waals surface area contributed by atoms with Crippen LogP contribution in [0.4, 0.5) is 0 Å². The van der Waals surface area contributed by atoms with Crippen molar-refractivity contribution in [1.82, 2.24) is 4.90 Å². The molecule has 1 radical (unpaired) electrons. The van der Waals surface area contributed by atoms with Crippen LogP contribution in [-0.4, -0.2) is 40.1 Å². The molecular weight excluding hydrogens is 152 g/mol. The normalized spacial score (nSPS) is 24.2. The fourth-order valence-electron chi connectivity index (χ4n) is 0.820. The Hall–Kier alpha value is -0.580. The highest BCUT2D eigenvalue weighted by atomic mass is 32.2. The number of amides is 1. The molecule has 1 saturated heterocycles. The maximum absolute atomic E-state index is 11.0. The first kappa shape index (κ1) is 7.53. The van der Waals surface area contributed by atoms with Crippen molar-refractivity contribution >= 4 is 16.1 Å². The van der Waals surface area contributed by atoms with Gasteiger partial charge in [0, 0.05) is 34.3 Å². The van der Waals surface area contributed by atoms with Gasteiger partial charge in [-0.15, -0.1) is 0 Å². The maximum atomic E-state index is 11.0. The highest BCUT2D eigenvalue weighted by Gasteiger charge is 2.17. The molecule has 0 aromatic heterocycles. The molecule has 1 rings (SSSR count). The highest BCUT2D eigenvalue weighted by Crippen LogP contribution is 2.01. The van der Waals surface area contributed by atoms with Crippen LogP contribution in [0.3, 0.4) is 0 Å². The third-order valence-corrected chi connectivity index (χ3v) is 3.20. The van der Waals surface area contributed by atoms with E-state index in [1.165, 1.54) is 4.90 Å². The van der Waals surface area contributed by atoms with Crippen molar-refractivity contribution in [3.63, 3.8) is 0 Å². The van der Waals surface area contributed by atoms with Crippen LogP contribution in [0.15, 0.2) is 0 Å². The molecule has 57 valence electrons. The molecule has 0 aliphatic carbocycles. The van der Waals surface area contributed by atoms with Crippen LogP contribution in [0.5, 0.6) is 0 Å². The Balaban J connectivity index is 2.54. The van der Waals surface area contributed by atoms with Crippen molar-refractivity contribution in [2.24, 2.45) is 0 Å². The van der Waals surface area contributed by atoms with E-state index in [2.05, 4.69) is 0 Å². The lowest BCUT2D eigenvalue weighted by atomic mass is 10.5. The van der Waals surface area contributed by atoms with Crippen molar-refractivity contribution in [1.29, 1.82) is 4.78 Å². The standard InChI is InChI=1S/C5H9N2O2S/c6-10(9)3-1-7(5-8)2-4-10/h6H,1-4H2. The van der Waals surface area contributed by atoms with Gasteiger partial charge in [0.25, 0.3) is 0 Å². The monoisotopic (exact) mass is 161 g/mol. The lowest BCUT2D eigenvalue weighted by molar-refractivity contribution is 0.403. The van der Waals surface area contributed by atoms with Crippen molar-refractivity contribution < 1.29 is 9.00 Å². The van der Waals surface area contributed by atoms with Crippen LogP contribution in [-0.2, 0) is 14.5 Å². The summed E-state index contributed by atoms with van der Waals surface area (Å²) in [5, 5.41) is 0. The van der Waals surface area contributed by atoms with Gasteiger partial charge in [-0.3, -0.25) is 9.57 Å². The second-order valence-electron chi connectivity index (χ2n) is 2.30. The molecule has 0 aromatic rings. The van der Waals surface area contributed by atoms with E-state index in [1.54, 1.807) is 6.41 Å². The summed E-state index contributed by atoms with van der Waals surface area (Å²) in [5.41, 5.74) is 0. The Kier molecular flexibility index (Phi) is 1.94. The van der Waals surface area contributed by atoms with Gasteiger partial charge in [-0.1, -0.05) is 0 Å². The summed E-state index contributed by atoms with van der Waals surface area (Å²) in [4.78, 5) is 11.4. The predicted octanol–water partition coefficient (Wildman–Crippen LogP) is -0.584. The van der Waals surface area contributed by atoms with E-state index in [0.29, 0.717) is 24.6 Å². The highest BCUT2D eigenvalue weighted by molar-refractivity contribution is 7.92. The summed E-state index contributed by atoms with van der Waals surface area (Å²) in [5.74, 6) is 0.616. The summed E-state index contributed by atoms with van der Waals surface area (Å²) < 4.78 is 18.1. The molecule has 1 aliphatic rings. The summed E-state index contributed by atoms with van der Waals surface area (Å²) in [6.07, 6.45) is 1.72. The molecule has 0 aromatic carbocycles. The molecule has 10 heavy (non-hydrogen) atoms. The fraction of sp³-hybridized carbons (Fsp3) is 0.800. The minimum absolute atomic E-state index is 0.308. The first-order valence-electron chi connectivity index (χ1n) is 3.01. The predicted molar refractivity (Wildman–Crippen MR) is 37.9 cm³/mol. The summed E-state index contributed by atoms with van der Waals surface area (Å²) >= 11 is 0. The first-order valence-corrected chi connectivity index (χ1v) is 4.90. The zero-order valence-electron chi connectivity index (χ0n) is 5.50. The van der Waals surface area contributed by atoms with Gasteiger partial charge >= 0.3 is 6.41 Å². The van der Waals surface area contributed by atoms with E-state index in [9.17, 15) is 9.00 Å². The summed E-state index contributed by atoms with van der Waals surface area (Å²) in [7, 11) is -2.35. The average molecular weight is 161 g/mol. The lowest BCUT2D eigenvalue weighted by Crippen LogP contribution is -2.38. The number of rotatable bonds is 1. The topological polar surface area (TPSA) is 61.2 Å². The molecule has 0 unspecified atom stereocenters. The van der Waals surface area contributed by atoms with E-state index in [4.69, 9.17) is 4.78 Å². The van der Waals surface area contributed by atoms with Crippen molar-refractivity contribution in [2.45, 2.75) is 0 Å². The molecular formula is C5H9N2O2S. The number of hydrogen-bond donors (Lipinski definition) is 1. The quantitative estimate of drug-likeness (QED) is 0.559. The van der Waals surface area contributed by atoms with Gasteiger partial charge < -0.3 is 4.90 Å². The average Bonchev–Trinajstić information content (AvgIpc) is 1.88. The largest absolute Gasteiger partial charge is 0.333 e. The minimum atomic E-state index is -2.35. The molecule has 1 amide bonds. The second kappa shape index (κ2) is 2.57. The van der Waals surface area contributed by atoms with Crippen LogP contribution in [0, 0.1) is 4.78 Å². The van der Waals surface area contributed by atoms with Crippen LogP contribution in [0.1, 0.15) is 0 Å². The molecule has 0 saturated carbocycles. The molecule has 0 atom stereocenters. The van der Waals surface area contributed by atoms with E-state index in [-0.39, 0.29) is 0 Å². The molecule has 5 heteroatoms. The molecule has 1 aliphatic heterocycles. The number of hydrogen-bond acceptors (Lipinski definition) is 3. The number of nitrogens with zero attached hydrogens (tertiary/aromatic N) is 1. The van der Waals surface area contributed by atoms with Gasteiger partial charge in [0.2, 0.25) is 0 Å². The second-order valence-corrected chi connectivity index (χ2v) is 4.74. The van der Waals surface area contributed by atoms with Gasteiger partial charge in [0.1, 0.15) is 0 Å². The summed E-state index contributed by atoms with van der Waals surface area (Å²) in [6.45, 7) is 0.845. The third kappa shape index (κ3) is 1.70. The number of nitrogens with one attached hydrogen (secondary N) is 1. The summed E-state index contributed by atoms with van der Waals surface area (Å²) in [6, 6.07) is 0. The Morgan fingerprint density at radius 3 is 2.30 bits per heavy atom. The molecule has 4 nitrogen and oxygen atoms in total. The Morgan fingerprint density at radius 1 is 1.40 bits per heavy atom. The van der Waals surface area contributed by atoms with E-state index >= 15 is 0 Å². The number of carbonyl (C=O) groups excluding carboxylic acids is 1. The first-order chi connectivity index (χ1) is 4.64. The van der Waals surface area contributed by atoms with Crippen LogP contribution < -0.4 is 0 Å². The van der Waals surface area contributed by atoms with Crippen molar-refractivity contribution in [3.05, 3.63) is 0 Å². The van der Waals surface area contributed by atoms with Gasteiger partial charge in [-0.2, -0.15) is 0 Å². The van der Waals surface area contributed by atoms with Crippen molar-refractivity contribution in [2.75, 3.05) is 24.6 Å².